The van der Waals surface area contributed by atoms with Gasteiger partial charge in [-0.25, -0.2) is 9.59 Å². The third-order valence-corrected chi connectivity index (χ3v) is 4.16. The van der Waals surface area contributed by atoms with Crippen LogP contribution in [0.1, 0.15) is 16.8 Å². The van der Waals surface area contributed by atoms with Gasteiger partial charge >= 0.3 is 11.7 Å². The van der Waals surface area contributed by atoms with Gasteiger partial charge in [0.05, 0.1) is 28.9 Å². The first-order valence-electron chi connectivity index (χ1n) is 8.41. The van der Waals surface area contributed by atoms with Crippen LogP contribution in [-0.4, -0.2) is 42.3 Å². The number of benzene rings is 2. The van der Waals surface area contributed by atoms with Gasteiger partial charge in [-0.15, -0.1) is 5.10 Å². The van der Waals surface area contributed by atoms with Crippen molar-refractivity contribution in [2.75, 3.05) is 6.61 Å². The van der Waals surface area contributed by atoms with Crippen molar-refractivity contribution < 1.29 is 9.53 Å². The summed E-state index contributed by atoms with van der Waals surface area (Å²) >= 11 is 0. The number of esters is 1. The first-order chi connectivity index (χ1) is 13.2. The van der Waals surface area contributed by atoms with Crippen molar-refractivity contribution in [1.29, 1.82) is 0 Å². The first kappa shape index (κ1) is 16.7. The van der Waals surface area contributed by atoms with E-state index in [2.05, 4.69) is 20.5 Å². The van der Waals surface area contributed by atoms with Gasteiger partial charge in [-0.1, -0.05) is 24.3 Å². The van der Waals surface area contributed by atoms with E-state index in [9.17, 15) is 9.59 Å². The lowest BCUT2D eigenvalue weighted by molar-refractivity contribution is 0.0496. The topological polar surface area (TPSA) is 108 Å². The van der Waals surface area contributed by atoms with Crippen LogP contribution in [0.3, 0.4) is 0 Å². The van der Waals surface area contributed by atoms with Crippen LogP contribution in [0.5, 0.6) is 0 Å². The molecule has 0 aliphatic carbocycles. The average molecular weight is 364 g/mol. The van der Waals surface area contributed by atoms with Crippen molar-refractivity contribution in [2.24, 2.45) is 0 Å². The number of nitrogens with one attached hydrogen (secondary N) is 1. The van der Waals surface area contributed by atoms with Crippen molar-refractivity contribution in [2.45, 2.75) is 13.0 Å². The number of aromatic amines is 1. The van der Waals surface area contributed by atoms with Crippen molar-refractivity contribution in [3.8, 4) is 5.69 Å². The summed E-state index contributed by atoms with van der Waals surface area (Å²) in [5.74, 6) is -0.465. The molecule has 27 heavy (non-hydrogen) atoms. The molecule has 2 heterocycles. The van der Waals surface area contributed by atoms with E-state index in [1.807, 2.05) is 24.3 Å². The summed E-state index contributed by atoms with van der Waals surface area (Å²) < 4.78 is 8.41. The van der Waals surface area contributed by atoms with Gasteiger partial charge in [-0.05, 0) is 41.1 Å². The SMILES string of the molecule is O=C(OCCCn1c(=O)[nH]c2ccccc21)c1ccccc1-n1cnnn1. The second-order valence-electron chi connectivity index (χ2n) is 5.86. The highest BCUT2D eigenvalue weighted by Crippen LogP contribution is 2.14. The van der Waals surface area contributed by atoms with Crippen molar-refractivity contribution >= 4 is 17.0 Å². The summed E-state index contributed by atoms with van der Waals surface area (Å²) in [7, 11) is 0. The van der Waals surface area contributed by atoms with E-state index in [1.54, 1.807) is 28.8 Å². The molecule has 0 spiro atoms. The number of H-pyrrole nitrogens is 1. The maximum Gasteiger partial charge on any atom is 0.340 e. The number of hydrogen-bond acceptors (Lipinski definition) is 6. The van der Waals surface area contributed by atoms with Crippen LogP contribution in [0, 0.1) is 0 Å². The van der Waals surface area contributed by atoms with E-state index < -0.39 is 5.97 Å². The number of carbonyl (C=O) groups excluding carboxylic acids is 1. The summed E-state index contributed by atoms with van der Waals surface area (Å²) in [5.41, 5.74) is 2.36. The zero-order valence-corrected chi connectivity index (χ0v) is 14.3. The molecule has 0 fully saturated rings. The molecule has 0 saturated carbocycles. The fourth-order valence-corrected chi connectivity index (χ4v) is 2.91. The summed E-state index contributed by atoms with van der Waals surface area (Å²) in [5, 5.41) is 11.0. The smallest absolute Gasteiger partial charge is 0.340 e. The van der Waals surface area contributed by atoms with E-state index in [1.165, 1.54) is 11.0 Å². The van der Waals surface area contributed by atoms with Crippen molar-refractivity contribution in [3.05, 3.63) is 70.9 Å². The zero-order valence-electron chi connectivity index (χ0n) is 14.3. The minimum absolute atomic E-state index is 0.174. The molecule has 0 atom stereocenters. The Labute approximate surface area is 153 Å². The van der Waals surface area contributed by atoms with Gasteiger partial charge in [-0.3, -0.25) is 4.57 Å². The molecule has 2 aromatic carbocycles. The molecule has 1 N–H and O–H groups in total. The van der Waals surface area contributed by atoms with Crippen LogP contribution in [-0.2, 0) is 11.3 Å². The number of rotatable bonds is 6. The largest absolute Gasteiger partial charge is 0.462 e. The van der Waals surface area contributed by atoms with Gasteiger partial charge in [0.15, 0.2) is 0 Å². The average Bonchev–Trinajstić information content (AvgIpc) is 3.33. The molecule has 0 saturated heterocycles. The van der Waals surface area contributed by atoms with Gasteiger partial charge in [-0.2, -0.15) is 4.68 Å². The molecule has 136 valence electrons. The van der Waals surface area contributed by atoms with Gasteiger partial charge in [0, 0.05) is 6.54 Å². The minimum atomic E-state index is -0.465. The molecule has 0 bridgehead atoms. The molecule has 2 aromatic heterocycles. The molecular formula is C18H16N6O3. The van der Waals surface area contributed by atoms with Gasteiger partial charge in [0.25, 0.3) is 0 Å². The van der Waals surface area contributed by atoms with Crippen molar-refractivity contribution in [1.82, 2.24) is 29.8 Å². The Kier molecular flexibility index (Phi) is 4.48. The molecule has 4 aromatic rings. The monoisotopic (exact) mass is 364 g/mol. The number of tetrazole rings is 1. The molecular weight excluding hydrogens is 348 g/mol. The number of aromatic nitrogens is 6. The third-order valence-electron chi connectivity index (χ3n) is 4.16. The number of nitrogens with zero attached hydrogens (tertiary/aromatic N) is 5. The standard InChI is InChI=1S/C18H16N6O3/c25-17(13-6-1-3-8-15(13)24-12-19-21-22-24)27-11-5-10-23-16-9-4-2-7-14(16)20-18(23)26/h1-4,6-9,12H,5,10-11H2,(H,20,26). The fourth-order valence-electron chi connectivity index (χ4n) is 2.91. The zero-order chi connectivity index (χ0) is 18.6. The predicted molar refractivity (Wildman–Crippen MR) is 96.6 cm³/mol. The van der Waals surface area contributed by atoms with E-state index in [0.717, 1.165) is 11.0 Å². The minimum Gasteiger partial charge on any atom is -0.462 e. The normalized spacial score (nSPS) is 11.0. The molecule has 0 amide bonds. The Morgan fingerprint density at radius 3 is 2.78 bits per heavy atom. The molecule has 0 unspecified atom stereocenters. The summed E-state index contributed by atoms with van der Waals surface area (Å²) in [4.78, 5) is 27.3. The first-order valence-corrected chi connectivity index (χ1v) is 8.41. The second kappa shape index (κ2) is 7.24. The Balaban J connectivity index is 1.41. The Bertz CT molecular complexity index is 1130. The van der Waals surface area contributed by atoms with Crippen LogP contribution in [0.4, 0.5) is 0 Å². The Hall–Kier alpha value is -3.75. The lowest BCUT2D eigenvalue weighted by Crippen LogP contribution is -2.18. The highest BCUT2D eigenvalue weighted by atomic mass is 16.5. The Morgan fingerprint density at radius 1 is 1.11 bits per heavy atom. The Morgan fingerprint density at radius 2 is 1.93 bits per heavy atom. The summed E-state index contributed by atoms with van der Waals surface area (Å²) in [6.07, 6.45) is 1.93. The number of ether oxygens (including phenoxy) is 1. The lowest BCUT2D eigenvalue weighted by Gasteiger charge is -2.09. The number of hydrogen-bond donors (Lipinski definition) is 1. The van der Waals surface area contributed by atoms with Crippen LogP contribution in [0.2, 0.25) is 0 Å². The van der Waals surface area contributed by atoms with E-state index in [0.29, 0.717) is 24.2 Å². The number of carbonyl (C=O) groups is 1. The number of para-hydroxylation sites is 3. The van der Waals surface area contributed by atoms with Crippen LogP contribution < -0.4 is 5.69 Å². The molecule has 9 nitrogen and oxygen atoms in total. The third kappa shape index (κ3) is 3.34. The predicted octanol–water partition coefficient (Wildman–Crippen LogP) is 1.55. The van der Waals surface area contributed by atoms with E-state index >= 15 is 0 Å². The van der Waals surface area contributed by atoms with Crippen LogP contribution in [0.25, 0.3) is 16.7 Å². The van der Waals surface area contributed by atoms with Crippen LogP contribution in [0.15, 0.2) is 59.7 Å². The second-order valence-corrected chi connectivity index (χ2v) is 5.86. The van der Waals surface area contributed by atoms with Gasteiger partial charge < -0.3 is 9.72 Å². The summed E-state index contributed by atoms with van der Waals surface area (Å²) in [6, 6.07) is 14.4. The van der Waals surface area contributed by atoms with Crippen LogP contribution >= 0.6 is 0 Å². The van der Waals surface area contributed by atoms with E-state index in [-0.39, 0.29) is 12.3 Å². The molecule has 0 radical (unpaired) electrons. The highest BCUT2D eigenvalue weighted by Gasteiger charge is 2.14. The fraction of sp³-hybridized carbons (Fsp3) is 0.167. The molecule has 9 heteroatoms. The number of aryl methyl sites for hydroxylation is 1. The van der Waals surface area contributed by atoms with Crippen molar-refractivity contribution in [3.63, 3.8) is 0 Å². The molecule has 4 rings (SSSR count). The lowest BCUT2D eigenvalue weighted by atomic mass is 10.2. The molecule has 0 aliphatic rings. The van der Waals surface area contributed by atoms with Gasteiger partial charge in [0.2, 0.25) is 0 Å². The van der Waals surface area contributed by atoms with Gasteiger partial charge in [0.1, 0.15) is 6.33 Å². The maximum atomic E-state index is 12.4. The highest BCUT2D eigenvalue weighted by molar-refractivity contribution is 5.93. The quantitative estimate of drug-likeness (QED) is 0.411. The maximum absolute atomic E-state index is 12.4. The molecule has 0 aliphatic heterocycles. The summed E-state index contributed by atoms with van der Waals surface area (Å²) in [6.45, 7) is 0.638. The van der Waals surface area contributed by atoms with E-state index in [4.69, 9.17) is 4.74 Å². The number of imidazole rings is 1. The number of fused-ring (bicyclic) bond motifs is 1.